The van der Waals surface area contributed by atoms with Gasteiger partial charge in [0.1, 0.15) is 11.6 Å². The van der Waals surface area contributed by atoms with E-state index < -0.39 is 11.8 Å². The number of carbonyl (C=O) groups is 1. The molecule has 0 spiro atoms. The van der Waals surface area contributed by atoms with Crippen LogP contribution in [0.3, 0.4) is 0 Å². The van der Waals surface area contributed by atoms with Gasteiger partial charge >= 0.3 is 5.97 Å². The second-order valence-electron chi connectivity index (χ2n) is 3.55. The number of aromatic carboxylic acids is 1. The standard InChI is InChI=1S/C13H9FO3S/c14-11-7-8(13(16)17)1-6-12(11)18-10-4-2-9(15)3-5-10/h1-7,15H,(H,16,17). The molecule has 0 aliphatic heterocycles. The molecular formula is C13H9FO3S. The van der Waals surface area contributed by atoms with Crippen LogP contribution in [0.2, 0.25) is 0 Å². The number of carboxylic acid groups (broad SMARTS) is 1. The fraction of sp³-hybridized carbons (Fsp3) is 0. The van der Waals surface area contributed by atoms with Gasteiger partial charge in [0.25, 0.3) is 0 Å². The molecule has 0 saturated heterocycles. The zero-order valence-electron chi connectivity index (χ0n) is 9.13. The van der Waals surface area contributed by atoms with Gasteiger partial charge in [-0.3, -0.25) is 0 Å². The summed E-state index contributed by atoms with van der Waals surface area (Å²) in [6.07, 6.45) is 0. The van der Waals surface area contributed by atoms with Gasteiger partial charge in [0.15, 0.2) is 0 Å². The number of carboxylic acids is 1. The number of halogens is 1. The highest BCUT2D eigenvalue weighted by Gasteiger charge is 2.09. The van der Waals surface area contributed by atoms with Crippen molar-refractivity contribution in [2.75, 3.05) is 0 Å². The Morgan fingerprint density at radius 1 is 1.11 bits per heavy atom. The Morgan fingerprint density at radius 3 is 2.33 bits per heavy atom. The lowest BCUT2D eigenvalue weighted by molar-refractivity contribution is 0.0696. The first-order valence-corrected chi connectivity index (χ1v) is 5.87. The van der Waals surface area contributed by atoms with Crippen molar-refractivity contribution in [3.63, 3.8) is 0 Å². The molecule has 0 aliphatic rings. The molecule has 0 unspecified atom stereocenters. The normalized spacial score (nSPS) is 10.3. The molecule has 2 rings (SSSR count). The molecule has 5 heteroatoms. The van der Waals surface area contributed by atoms with Gasteiger partial charge in [0, 0.05) is 9.79 Å². The topological polar surface area (TPSA) is 57.5 Å². The highest BCUT2D eigenvalue weighted by atomic mass is 32.2. The average Bonchev–Trinajstić information content (AvgIpc) is 2.34. The predicted molar refractivity (Wildman–Crippen MR) is 65.6 cm³/mol. The SMILES string of the molecule is O=C(O)c1ccc(Sc2ccc(O)cc2)c(F)c1. The van der Waals surface area contributed by atoms with Crippen LogP contribution in [0, 0.1) is 5.82 Å². The number of phenols is 1. The number of aromatic hydroxyl groups is 1. The second kappa shape index (κ2) is 5.10. The lowest BCUT2D eigenvalue weighted by Crippen LogP contribution is -1.97. The molecular weight excluding hydrogens is 255 g/mol. The molecule has 2 N–H and O–H groups in total. The molecule has 2 aromatic rings. The Bertz CT molecular complexity index is 581. The van der Waals surface area contributed by atoms with Gasteiger partial charge in [-0.15, -0.1) is 0 Å². The Labute approximate surface area is 107 Å². The van der Waals surface area contributed by atoms with E-state index in [9.17, 15) is 9.18 Å². The highest BCUT2D eigenvalue weighted by Crippen LogP contribution is 2.31. The van der Waals surface area contributed by atoms with Crippen molar-refractivity contribution in [2.45, 2.75) is 9.79 Å². The smallest absolute Gasteiger partial charge is 0.335 e. The Kier molecular flexibility index (Phi) is 3.53. The first-order chi connectivity index (χ1) is 8.56. The van der Waals surface area contributed by atoms with E-state index >= 15 is 0 Å². The molecule has 0 bridgehead atoms. The summed E-state index contributed by atoms with van der Waals surface area (Å²) in [5, 5.41) is 17.8. The van der Waals surface area contributed by atoms with Crippen LogP contribution in [-0.2, 0) is 0 Å². The van der Waals surface area contributed by atoms with Gasteiger partial charge in [-0.25, -0.2) is 9.18 Å². The quantitative estimate of drug-likeness (QED) is 0.892. The molecule has 0 radical (unpaired) electrons. The molecule has 18 heavy (non-hydrogen) atoms. The largest absolute Gasteiger partial charge is 0.508 e. The van der Waals surface area contributed by atoms with E-state index in [-0.39, 0.29) is 11.3 Å². The van der Waals surface area contributed by atoms with Crippen molar-refractivity contribution in [1.29, 1.82) is 0 Å². The summed E-state index contributed by atoms with van der Waals surface area (Å²) in [5.74, 6) is -1.59. The van der Waals surface area contributed by atoms with E-state index in [1.807, 2.05) is 0 Å². The Balaban J connectivity index is 2.24. The number of benzene rings is 2. The maximum absolute atomic E-state index is 13.6. The van der Waals surface area contributed by atoms with Gasteiger partial charge in [0.2, 0.25) is 0 Å². The molecule has 2 aromatic carbocycles. The van der Waals surface area contributed by atoms with Crippen molar-refractivity contribution >= 4 is 17.7 Å². The van der Waals surface area contributed by atoms with E-state index in [0.717, 1.165) is 22.7 Å². The van der Waals surface area contributed by atoms with Gasteiger partial charge in [-0.1, -0.05) is 11.8 Å². The van der Waals surface area contributed by atoms with E-state index in [0.29, 0.717) is 4.90 Å². The highest BCUT2D eigenvalue weighted by molar-refractivity contribution is 7.99. The van der Waals surface area contributed by atoms with Crippen LogP contribution in [0.15, 0.2) is 52.3 Å². The van der Waals surface area contributed by atoms with Crippen molar-refractivity contribution in [3.05, 3.63) is 53.8 Å². The first-order valence-electron chi connectivity index (χ1n) is 5.06. The van der Waals surface area contributed by atoms with Crippen LogP contribution < -0.4 is 0 Å². The fourth-order valence-electron chi connectivity index (χ4n) is 1.36. The molecule has 92 valence electrons. The minimum atomic E-state index is -1.16. The first kappa shape index (κ1) is 12.4. The lowest BCUT2D eigenvalue weighted by atomic mass is 10.2. The molecule has 0 amide bonds. The van der Waals surface area contributed by atoms with E-state index in [1.165, 1.54) is 24.3 Å². The van der Waals surface area contributed by atoms with E-state index in [4.69, 9.17) is 10.2 Å². The van der Waals surface area contributed by atoms with E-state index in [1.54, 1.807) is 12.1 Å². The van der Waals surface area contributed by atoms with Crippen LogP contribution in [0.1, 0.15) is 10.4 Å². The van der Waals surface area contributed by atoms with Gasteiger partial charge in [-0.05, 0) is 42.5 Å². The number of rotatable bonds is 3. The van der Waals surface area contributed by atoms with Gasteiger partial charge in [-0.2, -0.15) is 0 Å². The molecule has 3 nitrogen and oxygen atoms in total. The molecule has 0 atom stereocenters. The van der Waals surface area contributed by atoms with Gasteiger partial charge < -0.3 is 10.2 Å². The zero-order valence-corrected chi connectivity index (χ0v) is 9.95. The van der Waals surface area contributed by atoms with E-state index in [2.05, 4.69) is 0 Å². The number of phenolic OH excluding ortho intramolecular Hbond substituents is 1. The third-order valence-corrected chi connectivity index (χ3v) is 3.30. The van der Waals surface area contributed by atoms with Crippen LogP contribution in [0.25, 0.3) is 0 Å². The van der Waals surface area contributed by atoms with Gasteiger partial charge in [0.05, 0.1) is 5.56 Å². The van der Waals surface area contributed by atoms with Crippen molar-refractivity contribution in [1.82, 2.24) is 0 Å². The third kappa shape index (κ3) is 2.81. The minimum absolute atomic E-state index is 0.0810. The zero-order chi connectivity index (χ0) is 13.1. The van der Waals surface area contributed by atoms with Crippen molar-refractivity contribution in [3.8, 4) is 5.75 Å². The fourth-order valence-corrected chi connectivity index (χ4v) is 2.18. The number of hydrogen-bond donors (Lipinski definition) is 2. The Morgan fingerprint density at radius 2 is 1.78 bits per heavy atom. The molecule has 0 fully saturated rings. The minimum Gasteiger partial charge on any atom is -0.508 e. The Hall–Kier alpha value is -2.01. The van der Waals surface area contributed by atoms with Crippen molar-refractivity contribution in [2.24, 2.45) is 0 Å². The molecule has 0 heterocycles. The summed E-state index contributed by atoms with van der Waals surface area (Å²) >= 11 is 1.16. The van der Waals surface area contributed by atoms with Crippen molar-refractivity contribution < 1.29 is 19.4 Å². The maximum atomic E-state index is 13.6. The third-order valence-electron chi connectivity index (χ3n) is 2.24. The monoisotopic (exact) mass is 264 g/mol. The maximum Gasteiger partial charge on any atom is 0.335 e. The van der Waals surface area contributed by atoms with Crippen LogP contribution in [0.5, 0.6) is 5.75 Å². The predicted octanol–water partition coefficient (Wildman–Crippen LogP) is 3.38. The molecule has 0 aromatic heterocycles. The lowest BCUT2D eigenvalue weighted by Gasteiger charge is -2.04. The summed E-state index contributed by atoms with van der Waals surface area (Å²) in [6.45, 7) is 0. The second-order valence-corrected chi connectivity index (χ2v) is 4.66. The summed E-state index contributed by atoms with van der Waals surface area (Å²) < 4.78 is 13.6. The summed E-state index contributed by atoms with van der Waals surface area (Å²) in [7, 11) is 0. The van der Waals surface area contributed by atoms with Crippen LogP contribution >= 0.6 is 11.8 Å². The van der Waals surface area contributed by atoms with Crippen LogP contribution in [0.4, 0.5) is 4.39 Å². The molecule has 0 aliphatic carbocycles. The number of hydrogen-bond acceptors (Lipinski definition) is 3. The summed E-state index contributed by atoms with van der Waals surface area (Å²) in [4.78, 5) is 11.8. The molecule has 0 saturated carbocycles. The van der Waals surface area contributed by atoms with Crippen LogP contribution in [-0.4, -0.2) is 16.2 Å². The summed E-state index contributed by atoms with van der Waals surface area (Å²) in [6, 6.07) is 10.1. The summed E-state index contributed by atoms with van der Waals surface area (Å²) in [5.41, 5.74) is -0.0810. The average molecular weight is 264 g/mol.